The average Bonchev–Trinajstić information content (AvgIpc) is 2.53. The summed E-state index contributed by atoms with van der Waals surface area (Å²) in [7, 11) is 1.35. The minimum Gasteiger partial charge on any atom is -0.465 e. The van der Waals surface area contributed by atoms with Crippen LogP contribution >= 0.6 is 0 Å². The summed E-state index contributed by atoms with van der Waals surface area (Å²) >= 11 is 0. The first-order valence-electron chi connectivity index (χ1n) is 8.42. The maximum Gasteiger partial charge on any atom is 0.407 e. The third-order valence-corrected chi connectivity index (χ3v) is 4.00. The van der Waals surface area contributed by atoms with E-state index in [0.29, 0.717) is 30.0 Å². The van der Waals surface area contributed by atoms with E-state index in [-0.39, 0.29) is 6.04 Å². The second kappa shape index (κ2) is 7.63. The molecule has 1 heterocycles. The van der Waals surface area contributed by atoms with Crippen LogP contribution in [0.1, 0.15) is 44.0 Å². The van der Waals surface area contributed by atoms with Crippen molar-refractivity contribution >= 4 is 23.4 Å². The number of benzene rings is 1. The number of carbonyl (C=O) groups is 2. The number of nitrogens with zero attached hydrogens (tertiary/aromatic N) is 1. The third-order valence-electron chi connectivity index (χ3n) is 4.00. The van der Waals surface area contributed by atoms with Crippen LogP contribution in [0, 0.1) is 0 Å². The number of esters is 1. The maximum absolute atomic E-state index is 12.0. The van der Waals surface area contributed by atoms with Crippen LogP contribution in [0.2, 0.25) is 0 Å². The van der Waals surface area contributed by atoms with Crippen LogP contribution in [0.3, 0.4) is 0 Å². The molecule has 0 bridgehead atoms. The average molecular weight is 349 g/mol. The number of para-hydroxylation sites is 1. The van der Waals surface area contributed by atoms with Crippen molar-refractivity contribution < 1.29 is 19.1 Å². The van der Waals surface area contributed by atoms with Gasteiger partial charge in [0.25, 0.3) is 0 Å². The zero-order valence-corrected chi connectivity index (χ0v) is 15.3. The molecule has 138 valence electrons. The summed E-state index contributed by atoms with van der Waals surface area (Å²) in [6.07, 6.45) is 1.09. The fraction of sp³-hybridized carbons (Fsp3) is 0.556. The van der Waals surface area contributed by atoms with Crippen LogP contribution in [0.15, 0.2) is 18.2 Å². The van der Waals surface area contributed by atoms with Gasteiger partial charge < -0.3 is 25.4 Å². The fourth-order valence-corrected chi connectivity index (χ4v) is 2.91. The Labute approximate surface area is 148 Å². The molecular weight excluding hydrogens is 322 g/mol. The number of ether oxygens (including phenoxy) is 2. The predicted octanol–water partition coefficient (Wildman–Crippen LogP) is 2.55. The number of methoxy groups -OCH3 is 1. The van der Waals surface area contributed by atoms with Gasteiger partial charge in [-0.2, -0.15) is 0 Å². The summed E-state index contributed by atoms with van der Waals surface area (Å²) in [5.41, 5.74) is 7.28. The van der Waals surface area contributed by atoms with Crippen LogP contribution in [0.25, 0.3) is 0 Å². The van der Waals surface area contributed by atoms with Gasteiger partial charge in [0, 0.05) is 19.1 Å². The number of hydrogen-bond donors (Lipinski definition) is 2. The van der Waals surface area contributed by atoms with Crippen molar-refractivity contribution in [2.75, 3.05) is 30.8 Å². The van der Waals surface area contributed by atoms with Gasteiger partial charge >= 0.3 is 12.1 Å². The lowest BCUT2D eigenvalue weighted by atomic mass is 10.0. The molecule has 1 aliphatic heterocycles. The fourth-order valence-electron chi connectivity index (χ4n) is 2.91. The molecule has 3 N–H and O–H groups in total. The van der Waals surface area contributed by atoms with E-state index in [2.05, 4.69) is 10.2 Å². The molecule has 1 aromatic rings. The number of piperidine rings is 1. The molecule has 7 nitrogen and oxygen atoms in total. The summed E-state index contributed by atoms with van der Waals surface area (Å²) in [5, 5.41) is 2.90. The smallest absolute Gasteiger partial charge is 0.407 e. The van der Waals surface area contributed by atoms with E-state index in [4.69, 9.17) is 15.2 Å². The summed E-state index contributed by atoms with van der Waals surface area (Å²) < 4.78 is 10.1. The number of nitrogens with two attached hydrogens (primary N) is 1. The first kappa shape index (κ1) is 18.9. The van der Waals surface area contributed by atoms with Crippen molar-refractivity contribution in [3.63, 3.8) is 0 Å². The normalized spacial score (nSPS) is 15.6. The molecule has 1 fully saturated rings. The zero-order valence-electron chi connectivity index (χ0n) is 15.3. The molecular formula is C18H27N3O4. The summed E-state index contributed by atoms with van der Waals surface area (Å²) in [6, 6.07) is 5.26. The largest absolute Gasteiger partial charge is 0.465 e. The highest BCUT2D eigenvalue weighted by molar-refractivity contribution is 5.99. The Morgan fingerprint density at radius 1 is 1.24 bits per heavy atom. The standard InChI is InChI=1S/C18H27N3O4/c1-18(2,3)25-17(23)20-12-8-10-21(11-9-12)15-13(16(22)24-4)6-5-7-14(15)19/h5-7,12H,8-11,19H2,1-4H3,(H,20,23). The SMILES string of the molecule is COC(=O)c1cccc(N)c1N1CCC(NC(=O)OC(C)(C)C)CC1. The third kappa shape index (κ3) is 5.01. The van der Waals surface area contributed by atoms with Crippen molar-refractivity contribution in [1.82, 2.24) is 5.32 Å². The molecule has 0 saturated carbocycles. The number of anilines is 2. The first-order chi connectivity index (χ1) is 11.7. The van der Waals surface area contributed by atoms with Crippen molar-refractivity contribution in [3.8, 4) is 0 Å². The molecule has 0 aromatic heterocycles. The van der Waals surface area contributed by atoms with Gasteiger partial charge in [0.15, 0.2) is 0 Å². The molecule has 0 atom stereocenters. The van der Waals surface area contributed by atoms with Gasteiger partial charge in [-0.3, -0.25) is 0 Å². The van der Waals surface area contributed by atoms with Gasteiger partial charge in [-0.05, 0) is 45.7 Å². The summed E-state index contributed by atoms with van der Waals surface area (Å²) in [6.45, 7) is 6.86. The minimum absolute atomic E-state index is 0.0395. The number of nitrogens with one attached hydrogen (secondary N) is 1. The lowest BCUT2D eigenvalue weighted by molar-refractivity contribution is 0.0496. The number of rotatable bonds is 3. The van der Waals surface area contributed by atoms with E-state index in [1.165, 1.54) is 7.11 Å². The molecule has 0 aliphatic carbocycles. The predicted molar refractivity (Wildman–Crippen MR) is 96.8 cm³/mol. The van der Waals surface area contributed by atoms with Crippen LogP contribution in [0.4, 0.5) is 16.2 Å². The second-order valence-electron chi connectivity index (χ2n) is 7.14. The number of amides is 1. The monoisotopic (exact) mass is 349 g/mol. The Morgan fingerprint density at radius 2 is 1.88 bits per heavy atom. The molecule has 1 amide bonds. The van der Waals surface area contributed by atoms with Gasteiger partial charge in [0.1, 0.15) is 5.60 Å². The van der Waals surface area contributed by atoms with Crippen molar-refractivity contribution in [3.05, 3.63) is 23.8 Å². The molecule has 2 rings (SSSR count). The molecule has 1 aliphatic rings. The highest BCUT2D eigenvalue weighted by Crippen LogP contribution is 2.31. The molecule has 1 saturated heterocycles. The molecule has 1 aromatic carbocycles. The van der Waals surface area contributed by atoms with E-state index in [1.54, 1.807) is 18.2 Å². The number of alkyl carbamates (subject to hydrolysis) is 1. The molecule has 7 heteroatoms. The van der Waals surface area contributed by atoms with Gasteiger partial charge in [0.2, 0.25) is 0 Å². The highest BCUT2D eigenvalue weighted by atomic mass is 16.6. The Balaban J connectivity index is 2.01. The summed E-state index contributed by atoms with van der Waals surface area (Å²) in [4.78, 5) is 25.9. The first-order valence-corrected chi connectivity index (χ1v) is 8.42. The van der Waals surface area contributed by atoms with E-state index in [9.17, 15) is 9.59 Å². The quantitative estimate of drug-likeness (QED) is 0.643. The minimum atomic E-state index is -0.515. The molecule has 0 spiro atoms. The number of nitrogen functional groups attached to an aromatic ring is 1. The number of hydrogen-bond acceptors (Lipinski definition) is 6. The Morgan fingerprint density at radius 3 is 2.44 bits per heavy atom. The molecule has 0 radical (unpaired) electrons. The van der Waals surface area contributed by atoms with Crippen LogP contribution in [0.5, 0.6) is 0 Å². The van der Waals surface area contributed by atoms with Crippen LogP contribution < -0.4 is 16.0 Å². The van der Waals surface area contributed by atoms with E-state index in [0.717, 1.165) is 12.8 Å². The number of carbonyl (C=O) groups excluding carboxylic acids is 2. The van der Waals surface area contributed by atoms with Crippen molar-refractivity contribution in [2.24, 2.45) is 0 Å². The van der Waals surface area contributed by atoms with Crippen LogP contribution in [-0.2, 0) is 9.47 Å². The Hall–Kier alpha value is -2.44. The highest BCUT2D eigenvalue weighted by Gasteiger charge is 2.27. The lowest BCUT2D eigenvalue weighted by Gasteiger charge is -2.35. The zero-order chi connectivity index (χ0) is 18.6. The van der Waals surface area contributed by atoms with E-state index >= 15 is 0 Å². The van der Waals surface area contributed by atoms with Crippen molar-refractivity contribution in [2.45, 2.75) is 45.3 Å². The second-order valence-corrected chi connectivity index (χ2v) is 7.14. The van der Waals surface area contributed by atoms with Gasteiger partial charge in [-0.15, -0.1) is 0 Å². The maximum atomic E-state index is 12.0. The van der Waals surface area contributed by atoms with Crippen molar-refractivity contribution in [1.29, 1.82) is 0 Å². The van der Waals surface area contributed by atoms with E-state index < -0.39 is 17.7 Å². The van der Waals surface area contributed by atoms with Crippen LogP contribution in [-0.4, -0.2) is 43.9 Å². The van der Waals surface area contributed by atoms with E-state index in [1.807, 2.05) is 20.8 Å². The topological polar surface area (TPSA) is 93.9 Å². The van der Waals surface area contributed by atoms with Gasteiger partial charge in [-0.1, -0.05) is 6.07 Å². The van der Waals surface area contributed by atoms with Gasteiger partial charge in [-0.25, -0.2) is 9.59 Å². The molecule has 25 heavy (non-hydrogen) atoms. The Bertz CT molecular complexity index is 632. The van der Waals surface area contributed by atoms with Gasteiger partial charge in [0.05, 0.1) is 24.0 Å². The Kier molecular flexibility index (Phi) is 5.77. The summed E-state index contributed by atoms with van der Waals surface area (Å²) in [5.74, 6) is -0.406. The lowest BCUT2D eigenvalue weighted by Crippen LogP contribution is -2.46. The molecule has 0 unspecified atom stereocenters.